The van der Waals surface area contributed by atoms with E-state index in [1.165, 1.54) is 12.1 Å². The number of benzene rings is 1. The van der Waals surface area contributed by atoms with Crippen LogP contribution in [0.2, 0.25) is 0 Å². The molecule has 5 heteroatoms. The minimum Gasteiger partial charge on any atom is -0.354 e. The van der Waals surface area contributed by atoms with Gasteiger partial charge >= 0.3 is 0 Å². The van der Waals surface area contributed by atoms with Crippen LogP contribution in [0.5, 0.6) is 0 Å². The highest BCUT2D eigenvalue weighted by Crippen LogP contribution is 2.06. The van der Waals surface area contributed by atoms with Crippen molar-refractivity contribution in [2.24, 2.45) is 0 Å². The number of hydrogen-bond acceptors (Lipinski definition) is 2. The Morgan fingerprint density at radius 3 is 3.06 bits per heavy atom. The molecule has 0 radical (unpaired) electrons. The predicted molar refractivity (Wildman–Crippen MR) is 64.3 cm³/mol. The zero-order valence-corrected chi connectivity index (χ0v) is 9.91. The van der Waals surface area contributed by atoms with E-state index in [2.05, 4.69) is 10.6 Å². The normalized spacial score (nSPS) is 19.2. The predicted octanol–water partition coefficient (Wildman–Crippen LogP) is 0.763. The van der Waals surface area contributed by atoms with E-state index in [4.69, 9.17) is 0 Å². The quantitative estimate of drug-likeness (QED) is 0.832. The minimum absolute atomic E-state index is 0.0849. The van der Waals surface area contributed by atoms with Crippen LogP contribution in [-0.2, 0) is 16.0 Å². The molecule has 0 aliphatic carbocycles. The lowest BCUT2D eigenvalue weighted by Crippen LogP contribution is -2.50. The fourth-order valence-corrected chi connectivity index (χ4v) is 1.99. The largest absolute Gasteiger partial charge is 0.354 e. The molecule has 1 atom stereocenters. The highest BCUT2D eigenvalue weighted by molar-refractivity contribution is 5.88. The lowest BCUT2D eigenvalue weighted by Gasteiger charge is -2.22. The highest BCUT2D eigenvalue weighted by Gasteiger charge is 2.23. The molecule has 0 saturated carbocycles. The van der Waals surface area contributed by atoms with Gasteiger partial charge in [0.05, 0.1) is 6.42 Å². The van der Waals surface area contributed by atoms with E-state index in [0.717, 1.165) is 6.42 Å². The van der Waals surface area contributed by atoms with E-state index in [9.17, 15) is 14.0 Å². The van der Waals surface area contributed by atoms with Crippen molar-refractivity contribution in [3.8, 4) is 0 Å². The van der Waals surface area contributed by atoms with E-state index < -0.39 is 6.04 Å². The Morgan fingerprint density at radius 2 is 2.33 bits per heavy atom. The number of hydrogen-bond donors (Lipinski definition) is 2. The summed E-state index contributed by atoms with van der Waals surface area (Å²) in [4.78, 5) is 23.2. The highest BCUT2D eigenvalue weighted by atomic mass is 19.1. The molecule has 2 N–H and O–H groups in total. The zero-order chi connectivity index (χ0) is 13.0. The lowest BCUT2D eigenvalue weighted by atomic mass is 10.1. The van der Waals surface area contributed by atoms with Crippen LogP contribution >= 0.6 is 0 Å². The van der Waals surface area contributed by atoms with E-state index in [1.807, 2.05) is 0 Å². The molecule has 1 aromatic rings. The first-order chi connectivity index (χ1) is 8.65. The summed E-state index contributed by atoms with van der Waals surface area (Å²) in [5, 5.41) is 5.36. The molecule has 1 aliphatic heterocycles. The van der Waals surface area contributed by atoms with Crippen LogP contribution in [0.25, 0.3) is 0 Å². The average Bonchev–Trinajstić information content (AvgIpc) is 2.32. The number of carbonyl (C=O) groups is 2. The summed E-state index contributed by atoms with van der Waals surface area (Å²) in [6, 6.07) is 5.44. The van der Waals surface area contributed by atoms with Gasteiger partial charge < -0.3 is 10.6 Å². The monoisotopic (exact) mass is 250 g/mol. The van der Waals surface area contributed by atoms with Crippen LogP contribution in [0, 0.1) is 5.82 Å². The van der Waals surface area contributed by atoms with Crippen molar-refractivity contribution in [1.29, 1.82) is 0 Å². The fourth-order valence-electron chi connectivity index (χ4n) is 1.99. The smallest absolute Gasteiger partial charge is 0.242 e. The van der Waals surface area contributed by atoms with Crippen molar-refractivity contribution in [2.45, 2.75) is 25.3 Å². The Balaban J connectivity index is 1.90. The van der Waals surface area contributed by atoms with Gasteiger partial charge in [0.15, 0.2) is 0 Å². The molecule has 1 aliphatic rings. The van der Waals surface area contributed by atoms with Gasteiger partial charge in [-0.1, -0.05) is 12.1 Å². The van der Waals surface area contributed by atoms with E-state index >= 15 is 0 Å². The topological polar surface area (TPSA) is 58.2 Å². The molecule has 0 bridgehead atoms. The molecule has 2 amide bonds. The Labute approximate surface area is 105 Å². The first-order valence-corrected chi connectivity index (χ1v) is 5.96. The van der Waals surface area contributed by atoms with Gasteiger partial charge in [-0.3, -0.25) is 9.59 Å². The van der Waals surface area contributed by atoms with Gasteiger partial charge in [0.25, 0.3) is 0 Å². The van der Waals surface area contributed by atoms with Gasteiger partial charge in [-0.25, -0.2) is 4.39 Å². The molecule has 1 heterocycles. The molecular weight excluding hydrogens is 235 g/mol. The number of amides is 2. The summed E-state index contributed by atoms with van der Waals surface area (Å²) in [6.07, 6.45) is 1.60. The molecule has 2 rings (SSSR count). The van der Waals surface area contributed by atoms with Crippen molar-refractivity contribution < 1.29 is 14.0 Å². The first-order valence-electron chi connectivity index (χ1n) is 5.96. The number of rotatable bonds is 3. The van der Waals surface area contributed by atoms with E-state index in [-0.39, 0.29) is 24.1 Å². The lowest BCUT2D eigenvalue weighted by molar-refractivity contribution is -0.129. The first kappa shape index (κ1) is 12.5. The van der Waals surface area contributed by atoms with Crippen molar-refractivity contribution >= 4 is 11.8 Å². The molecule has 0 aromatic heterocycles. The second-order valence-corrected chi connectivity index (χ2v) is 4.36. The van der Waals surface area contributed by atoms with Crippen LogP contribution in [-0.4, -0.2) is 24.4 Å². The summed E-state index contributed by atoms with van der Waals surface area (Å²) in [5.41, 5.74) is 0.601. The van der Waals surface area contributed by atoms with Crippen molar-refractivity contribution in [2.75, 3.05) is 6.54 Å². The molecule has 1 saturated heterocycles. The van der Waals surface area contributed by atoms with Crippen LogP contribution in [0.1, 0.15) is 18.4 Å². The molecule has 0 spiro atoms. The number of nitrogens with one attached hydrogen (secondary N) is 2. The maximum atomic E-state index is 12.9. The van der Waals surface area contributed by atoms with Gasteiger partial charge in [-0.2, -0.15) is 0 Å². The van der Waals surface area contributed by atoms with Crippen LogP contribution < -0.4 is 10.6 Å². The molecule has 0 unspecified atom stereocenters. The molecule has 1 aromatic carbocycles. The number of halogens is 1. The molecule has 1 fully saturated rings. The summed E-state index contributed by atoms with van der Waals surface area (Å²) >= 11 is 0. The van der Waals surface area contributed by atoms with Crippen molar-refractivity contribution in [1.82, 2.24) is 10.6 Å². The minimum atomic E-state index is -0.459. The Bertz CT molecular complexity index is 462. The van der Waals surface area contributed by atoms with Gasteiger partial charge in [0, 0.05) is 6.54 Å². The van der Waals surface area contributed by atoms with E-state index in [1.54, 1.807) is 12.1 Å². The summed E-state index contributed by atoms with van der Waals surface area (Å²) in [6.45, 7) is 0.662. The SMILES string of the molecule is O=C(Cc1cccc(F)c1)N[C@@H]1CCCNC1=O. The summed E-state index contributed by atoms with van der Waals surface area (Å²) < 4.78 is 12.9. The summed E-state index contributed by atoms with van der Waals surface area (Å²) in [5.74, 6) is -0.771. The number of piperidine rings is 1. The van der Waals surface area contributed by atoms with Crippen LogP contribution in [0.4, 0.5) is 4.39 Å². The van der Waals surface area contributed by atoms with Crippen LogP contribution in [0.3, 0.4) is 0 Å². The second-order valence-electron chi connectivity index (χ2n) is 4.36. The molecule has 96 valence electrons. The Morgan fingerprint density at radius 1 is 1.50 bits per heavy atom. The third kappa shape index (κ3) is 3.29. The van der Waals surface area contributed by atoms with Gasteiger partial charge in [0.2, 0.25) is 11.8 Å². The molecule has 4 nitrogen and oxygen atoms in total. The summed E-state index contributed by atoms with van der Waals surface area (Å²) in [7, 11) is 0. The maximum Gasteiger partial charge on any atom is 0.242 e. The van der Waals surface area contributed by atoms with Crippen molar-refractivity contribution in [3.05, 3.63) is 35.6 Å². The molecule has 18 heavy (non-hydrogen) atoms. The number of carbonyl (C=O) groups excluding carboxylic acids is 2. The fraction of sp³-hybridized carbons (Fsp3) is 0.385. The Hall–Kier alpha value is -1.91. The van der Waals surface area contributed by atoms with Gasteiger partial charge in [-0.05, 0) is 30.5 Å². The second kappa shape index (κ2) is 5.62. The zero-order valence-electron chi connectivity index (χ0n) is 9.91. The van der Waals surface area contributed by atoms with Crippen molar-refractivity contribution in [3.63, 3.8) is 0 Å². The average molecular weight is 250 g/mol. The Kier molecular flexibility index (Phi) is 3.92. The molecular formula is C13H15FN2O2. The maximum absolute atomic E-state index is 12.9. The third-order valence-electron chi connectivity index (χ3n) is 2.87. The third-order valence-corrected chi connectivity index (χ3v) is 2.87. The van der Waals surface area contributed by atoms with Gasteiger partial charge in [0.1, 0.15) is 11.9 Å². The van der Waals surface area contributed by atoms with Gasteiger partial charge in [-0.15, -0.1) is 0 Å². The van der Waals surface area contributed by atoms with E-state index in [0.29, 0.717) is 18.5 Å². The van der Waals surface area contributed by atoms with Crippen LogP contribution in [0.15, 0.2) is 24.3 Å². The standard InChI is InChI=1S/C13H15FN2O2/c14-10-4-1-3-9(7-10)8-12(17)16-11-5-2-6-15-13(11)18/h1,3-4,7,11H,2,5-6,8H2,(H,15,18)(H,16,17)/t11-/m1/s1.